The van der Waals surface area contributed by atoms with Gasteiger partial charge in [0.1, 0.15) is 6.04 Å². The van der Waals surface area contributed by atoms with Gasteiger partial charge in [-0.2, -0.15) is 0 Å². The molecular formula is C7H16N2O2S. The lowest BCUT2D eigenvalue weighted by Gasteiger charge is -2.18. The first kappa shape index (κ1) is 11.7. The van der Waals surface area contributed by atoms with Crippen molar-refractivity contribution in [3.8, 4) is 0 Å². The number of thiol groups is 1. The Labute approximate surface area is 78.3 Å². The van der Waals surface area contributed by atoms with Gasteiger partial charge in [0, 0.05) is 0 Å². The quantitative estimate of drug-likeness (QED) is 0.419. The lowest BCUT2D eigenvalue weighted by molar-refractivity contribution is -0.141. The van der Waals surface area contributed by atoms with E-state index >= 15 is 0 Å². The predicted molar refractivity (Wildman–Crippen MR) is 51.1 cm³/mol. The number of aliphatic carboxylic acids is 1. The minimum Gasteiger partial charge on any atom is -0.480 e. The summed E-state index contributed by atoms with van der Waals surface area (Å²) in [6.45, 7) is 0.614. The second-order valence-electron chi connectivity index (χ2n) is 2.71. The van der Waals surface area contributed by atoms with Crippen LogP contribution in [-0.4, -0.2) is 35.0 Å². The molecule has 0 heterocycles. The molecule has 0 saturated carbocycles. The van der Waals surface area contributed by atoms with Crippen LogP contribution in [0.15, 0.2) is 0 Å². The van der Waals surface area contributed by atoms with Crippen molar-refractivity contribution in [3.63, 3.8) is 0 Å². The number of carbonyl (C=O) groups is 1. The first-order chi connectivity index (χ1) is 5.59. The average molecular weight is 192 g/mol. The van der Waals surface area contributed by atoms with Gasteiger partial charge in [-0.05, 0) is 26.4 Å². The highest BCUT2D eigenvalue weighted by molar-refractivity contribution is 7.77. The molecule has 0 bridgehead atoms. The topological polar surface area (TPSA) is 66.6 Å². The number of nitrogens with two attached hydrogens (primary N) is 1. The summed E-state index contributed by atoms with van der Waals surface area (Å²) in [5, 5.41) is 8.72. The van der Waals surface area contributed by atoms with Crippen molar-refractivity contribution in [3.05, 3.63) is 0 Å². The molecule has 0 radical (unpaired) electrons. The van der Waals surface area contributed by atoms with Crippen LogP contribution in [0.3, 0.4) is 0 Å². The van der Waals surface area contributed by atoms with Gasteiger partial charge in [-0.1, -0.05) is 19.2 Å². The Kier molecular flexibility index (Phi) is 6.14. The summed E-state index contributed by atoms with van der Waals surface area (Å²) in [5.41, 5.74) is 5.29. The number of carboxylic acid groups (broad SMARTS) is 1. The molecule has 0 amide bonds. The van der Waals surface area contributed by atoms with Crippen molar-refractivity contribution in [2.75, 3.05) is 13.6 Å². The number of unbranched alkanes of at least 4 members (excludes halogenated alkanes) is 1. The van der Waals surface area contributed by atoms with Gasteiger partial charge in [0.25, 0.3) is 0 Å². The Balaban J connectivity index is 3.72. The molecule has 0 rings (SSSR count). The van der Waals surface area contributed by atoms with Gasteiger partial charge in [0.2, 0.25) is 0 Å². The fraction of sp³-hybridized carbons (Fsp3) is 0.857. The summed E-state index contributed by atoms with van der Waals surface area (Å²) in [4.78, 5) is 10.6. The normalized spacial score (nSPS) is 13.3. The third kappa shape index (κ3) is 4.58. The Morgan fingerprint density at radius 2 is 2.25 bits per heavy atom. The van der Waals surface area contributed by atoms with E-state index in [4.69, 9.17) is 10.8 Å². The van der Waals surface area contributed by atoms with Crippen molar-refractivity contribution in [2.24, 2.45) is 5.73 Å². The monoisotopic (exact) mass is 192 g/mol. The molecule has 0 unspecified atom stereocenters. The molecule has 0 aliphatic carbocycles. The van der Waals surface area contributed by atoms with Crippen LogP contribution in [0.4, 0.5) is 0 Å². The molecule has 3 N–H and O–H groups in total. The maximum absolute atomic E-state index is 10.6. The van der Waals surface area contributed by atoms with Gasteiger partial charge in [-0.3, -0.25) is 4.79 Å². The van der Waals surface area contributed by atoms with E-state index in [2.05, 4.69) is 12.8 Å². The third-order valence-electron chi connectivity index (χ3n) is 1.67. The van der Waals surface area contributed by atoms with Crippen LogP contribution >= 0.6 is 12.8 Å². The summed E-state index contributed by atoms with van der Waals surface area (Å²) >= 11 is 3.96. The molecule has 5 heteroatoms. The molecule has 0 saturated heterocycles. The maximum atomic E-state index is 10.6. The SMILES string of the molecule is CN(S)[C@@H](CCCCN)C(=O)O. The fourth-order valence-electron chi connectivity index (χ4n) is 0.952. The van der Waals surface area contributed by atoms with Gasteiger partial charge in [-0.25, -0.2) is 4.31 Å². The van der Waals surface area contributed by atoms with Crippen molar-refractivity contribution in [1.29, 1.82) is 0 Å². The van der Waals surface area contributed by atoms with Crippen LogP contribution in [0.2, 0.25) is 0 Å². The highest BCUT2D eigenvalue weighted by atomic mass is 32.1. The number of carboxylic acids is 1. The molecular weight excluding hydrogens is 176 g/mol. The molecule has 0 aliphatic heterocycles. The van der Waals surface area contributed by atoms with Gasteiger partial charge in [0.15, 0.2) is 0 Å². The molecule has 0 aromatic rings. The number of nitrogens with zero attached hydrogens (tertiary/aromatic N) is 1. The Bertz CT molecular complexity index is 141. The van der Waals surface area contributed by atoms with E-state index in [1.165, 1.54) is 4.31 Å². The lowest BCUT2D eigenvalue weighted by atomic mass is 10.1. The van der Waals surface area contributed by atoms with Gasteiger partial charge in [0.05, 0.1) is 0 Å². The summed E-state index contributed by atoms with van der Waals surface area (Å²) in [7, 11) is 1.64. The summed E-state index contributed by atoms with van der Waals surface area (Å²) < 4.78 is 1.42. The minimum atomic E-state index is -0.829. The average Bonchev–Trinajstić information content (AvgIpc) is 1.96. The molecule has 1 atom stereocenters. The van der Waals surface area contributed by atoms with Crippen LogP contribution < -0.4 is 5.73 Å². The summed E-state index contributed by atoms with van der Waals surface area (Å²) in [6.07, 6.45) is 2.30. The van der Waals surface area contributed by atoms with Crippen molar-refractivity contribution in [1.82, 2.24) is 4.31 Å². The molecule has 0 aliphatic rings. The number of rotatable bonds is 6. The van der Waals surface area contributed by atoms with Crippen molar-refractivity contribution in [2.45, 2.75) is 25.3 Å². The van der Waals surface area contributed by atoms with Crippen LogP contribution in [0, 0.1) is 0 Å². The van der Waals surface area contributed by atoms with Crippen LogP contribution in [-0.2, 0) is 4.79 Å². The second-order valence-corrected chi connectivity index (χ2v) is 3.34. The zero-order valence-corrected chi connectivity index (χ0v) is 8.13. The summed E-state index contributed by atoms with van der Waals surface area (Å²) in [6, 6.07) is -0.500. The van der Waals surface area contributed by atoms with Crippen LogP contribution in [0.25, 0.3) is 0 Å². The first-order valence-corrected chi connectivity index (χ1v) is 4.34. The highest BCUT2D eigenvalue weighted by Gasteiger charge is 2.19. The standard InChI is InChI=1S/C7H16N2O2S/c1-9(12)6(7(10)11)4-2-3-5-8/h6,12H,2-5,8H2,1H3,(H,10,11)/t6-/m0/s1. The predicted octanol–water partition coefficient (Wildman–Crippen LogP) is 0.345. The number of likely N-dealkylation sites (N-methyl/N-ethyl adjacent to an activating group) is 1. The van der Waals surface area contributed by atoms with Gasteiger partial charge >= 0.3 is 5.97 Å². The summed E-state index contributed by atoms with van der Waals surface area (Å²) in [5.74, 6) is -0.829. The van der Waals surface area contributed by atoms with Crippen LogP contribution in [0.1, 0.15) is 19.3 Å². The highest BCUT2D eigenvalue weighted by Crippen LogP contribution is 2.08. The number of hydrogen-bond acceptors (Lipinski definition) is 4. The largest absolute Gasteiger partial charge is 0.480 e. The van der Waals surface area contributed by atoms with E-state index < -0.39 is 12.0 Å². The van der Waals surface area contributed by atoms with E-state index in [-0.39, 0.29) is 0 Å². The molecule has 0 aromatic heterocycles. The third-order valence-corrected chi connectivity index (χ3v) is 1.95. The second kappa shape index (κ2) is 6.28. The fourth-order valence-corrected chi connectivity index (χ4v) is 1.17. The van der Waals surface area contributed by atoms with Crippen molar-refractivity contribution >= 4 is 18.8 Å². The van der Waals surface area contributed by atoms with E-state index in [0.717, 1.165) is 12.8 Å². The minimum absolute atomic E-state index is 0.500. The Morgan fingerprint density at radius 1 is 1.67 bits per heavy atom. The van der Waals surface area contributed by atoms with E-state index in [0.29, 0.717) is 13.0 Å². The zero-order valence-electron chi connectivity index (χ0n) is 7.23. The molecule has 72 valence electrons. The zero-order chi connectivity index (χ0) is 9.56. The lowest BCUT2D eigenvalue weighted by Crippen LogP contribution is -2.32. The molecule has 0 fully saturated rings. The maximum Gasteiger partial charge on any atom is 0.321 e. The molecule has 12 heavy (non-hydrogen) atoms. The molecule has 0 spiro atoms. The van der Waals surface area contributed by atoms with Crippen molar-refractivity contribution < 1.29 is 9.90 Å². The van der Waals surface area contributed by atoms with E-state index in [1.54, 1.807) is 7.05 Å². The number of hydrogen-bond donors (Lipinski definition) is 3. The van der Waals surface area contributed by atoms with E-state index in [1.807, 2.05) is 0 Å². The van der Waals surface area contributed by atoms with Gasteiger partial charge in [-0.15, -0.1) is 0 Å². The first-order valence-electron chi connectivity index (χ1n) is 3.94. The van der Waals surface area contributed by atoms with Gasteiger partial charge < -0.3 is 10.8 Å². The Morgan fingerprint density at radius 3 is 2.58 bits per heavy atom. The smallest absolute Gasteiger partial charge is 0.321 e. The molecule has 0 aromatic carbocycles. The Hall–Kier alpha value is -0.260. The van der Waals surface area contributed by atoms with Crippen LogP contribution in [0.5, 0.6) is 0 Å². The molecule has 4 nitrogen and oxygen atoms in total. The van der Waals surface area contributed by atoms with E-state index in [9.17, 15) is 4.79 Å².